The molecule has 2 aromatic rings. The lowest BCUT2D eigenvalue weighted by atomic mass is 10.1. The summed E-state index contributed by atoms with van der Waals surface area (Å²) < 4.78 is 48.2. The third-order valence-corrected chi connectivity index (χ3v) is 5.97. The summed E-state index contributed by atoms with van der Waals surface area (Å²) in [7, 11) is -2.50. The molecule has 2 aromatic heterocycles. The fraction of sp³-hybridized carbons (Fsp3) is 0.500. The van der Waals surface area contributed by atoms with Crippen LogP contribution in [0.1, 0.15) is 42.6 Å². The van der Waals surface area contributed by atoms with Crippen LogP contribution in [0, 0.1) is 17.8 Å². The van der Waals surface area contributed by atoms with Gasteiger partial charge in [0.1, 0.15) is 23.9 Å². The number of alkyl halides is 1. The zero-order valence-electron chi connectivity index (χ0n) is 19.2. The number of aromatic nitrogens is 3. The Labute approximate surface area is 198 Å². The first-order valence-electron chi connectivity index (χ1n) is 10.6. The maximum absolute atomic E-state index is 14.6. The number of hydrogen-bond acceptors (Lipinski definition) is 8. The standard InChI is InChI=1S/C22H28FN5O5S/c1-22(2,32-3)6-4-7-28-8-5-16(12-28)20(29)17-11-25-14-26-21(17)27-19-10-15(9-18(19)23)13-33-34(24,30)31/h5,8,11-12,14-15,18-19H,7,9-10,13H2,1-3H3,(H2,24,30,31)(H,25,26,27)/t15-,18+,19-/m1/s1. The fourth-order valence-electron chi connectivity index (χ4n) is 3.57. The van der Waals surface area contributed by atoms with Gasteiger partial charge in [0.15, 0.2) is 5.78 Å². The van der Waals surface area contributed by atoms with Crippen molar-refractivity contribution in [3.8, 4) is 11.8 Å². The second kappa shape index (κ2) is 10.6. The normalized spacial score (nSPS) is 20.6. The van der Waals surface area contributed by atoms with Crippen LogP contribution in [0.25, 0.3) is 0 Å². The lowest BCUT2D eigenvalue weighted by Gasteiger charge is -2.17. The second-order valence-corrected chi connectivity index (χ2v) is 9.81. The zero-order valence-corrected chi connectivity index (χ0v) is 20.0. The molecular weight excluding hydrogens is 465 g/mol. The monoisotopic (exact) mass is 493 g/mol. The average molecular weight is 494 g/mol. The molecular formula is C22H28FN5O5S. The minimum absolute atomic E-state index is 0.102. The highest BCUT2D eigenvalue weighted by atomic mass is 32.2. The number of carbonyl (C=O) groups excluding carboxylic acids is 1. The lowest BCUT2D eigenvalue weighted by molar-refractivity contribution is 0.0740. The van der Waals surface area contributed by atoms with Gasteiger partial charge in [-0.15, -0.1) is 0 Å². The Kier molecular flexibility index (Phi) is 8.04. The van der Waals surface area contributed by atoms with Gasteiger partial charge in [-0.2, -0.15) is 8.42 Å². The number of anilines is 1. The Morgan fingerprint density at radius 1 is 1.41 bits per heavy atom. The van der Waals surface area contributed by atoms with Gasteiger partial charge in [0, 0.05) is 31.3 Å². The number of rotatable bonds is 9. The number of ketones is 1. The van der Waals surface area contributed by atoms with Crippen molar-refractivity contribution in [2.24, 2.45) is 11.1 Å². The molecule has 0 amide bonds. The molecule has 1 saturated carbocycles. The lowest BCUT2D eigenvalue weighted by Crippen LogP contribution is -2.27. The molecule has 12 heteroatoms. The minimum Gasteiger partial charge on any atom is -0.366 e. The Hall–Kier alpha value is -2.85. The molecule has 0 aliphatic heterocycles. The Morgan fingerprint density at radius 2 is 2.18 bits per heavy atom. The van der Waals surface area contributed by atoms with E-state index in [0.717, 1.165) is 0 Å². The molecule has 34 heavy (non-hydrogen) atoms. The van der Waals surface area contributed by atoms with Crippen molar-refractivity contribution < 1.29 is 26.5 Å². The summed E-state index contributed by atoms with van der Waals surface area (Å²) >= 11 is 0. The Balaban J connectivity index is 1.69. The van der Waals surface area contributed by atoms with Crippen molar-refractivity contribution in [2.45, 2.75) is 51.0 Å². The fourth-order valence-corrected chi connectivity index (χ4v) is 3.95. The molecule has 3 atom stereocenters. The zero-order chi connectivity index (χ0) is 24.9. The van der Waals surface area contributed by atoms with E-state index in [0.29, 0.717) is 18.5 Å². The highest BCUT2D eigenvalue weighted by molar-refractivity contribution is 7.84. The van der Waals surface area contributed by atoms with Gasteiger partial charge in [-0.25, -0.2) is 19.5 Å². The van der Waals surface area contributed by atoms with Gasteiger partial charge in [0.05, 0.1) is 24.8 Å². The van der Waals surface area contributed by atoms with Gasteiger partial charge < -0.3 is 14.6 Å². The van der Waals surface area contributed by atoms with Crippen molar-refractivity contribution in [1.29, 1.82) is 0 Å². The number of nitrogens with two attached hydrogens (primary N) is 1. The topological polar surface area (TPSA) is 138 Å². The summed E-state index contributed by atoms with van der Waals surface area (Å²) in [5, 5.41) is 7.82. The van der Waals surface area contributed by atoms with Crippen LogP contribution >= 0.6 is 0 Å². The van der Waals surface area contributed by atoms with Crippen molar-refractivity contribution in [2.75, 3.05) is 19.0 Å². The summed E-state index contributed by atoms with van der Waals surface area (Å²) in [6, 6.07) is 0.996. The van der Waals surface area contributed by atoms with Crippen LogP contribution in [0.5, 0.6) is 0 Å². The number of halogens is 1. The molecule has 184 valence electrons. The average Bonchev–Trinajstić information content (AvgIpc) is 3.38. The van der Waals surface area contributed by atoms with E-state index in [-0.39, 0.29) is 36.1 Å². The Bertz CT molecular complexity index is 1190. The first kappa shape index (κ1) is 25.8. The highest BCUT2D eigenvalue weighted by Crippen LogP contribution is 2.31. The molecule has 1 aliphatic carbocycles. The van der Waals surface area contributed by atoms with Crippen molar-refractivity contribution in [3.05, 3.63) is 42.1 Å². The number of nitrogens with zero attached hydrogens (tertiary/aromatic N) is 3. The molecule has 3 N–H and O–H groups in total. The summed E-state index contributed by atoms with van der Waals surface area (Å²) in [6.07, 6.45) is 5.17. The molecule has 1 aliphatic rings. The summed E-state index contributed by atoms with van der Waals surface area (Å²) in [5.74, 6) is 5.56. The molecule has 1 fully saturated rings. The van der Waals surface area contributed by atoms with Crippen LogP contribution in [0.4, 0.5) is 10.2 Å². The number of hydrogen-bond donors (Lipinski definition) is 2. The van der Waals surface area contributed by atoms with E-state index in [1.165, 1.54) is 12.5 Å². The van der Waals surface area contributed by atoms with E-state index in [4.69, 9.17) is 9.88 Å². The van der Waals surface area contributed by atoms with Crippen LogP contribution in [0.2, 0.25) is 0 Å². The molecule has 10 nitrogen and oxygen atoms in total. The summed E-state index contributed by atoms with van der Waals surface area (Å²) in [4.78, 5) is 21.2. The number of nitrogens with one attached hydrogen (secondary N) is 1. The van der Waals surface area contributed by atoms with Gasteiger partial charge >= 0.3 is 10.3 Å². The molecule has 0 saturated heterocycles. The number of methoxy groups -OCH3 is 1. The maximum atomic E-state index is 14.6. The first-order valence-corrected chi connectivity index (χ1v) is 12.1. The van der Waals surface area contributed by atoms with Gasteiger partial charge in [0.25, 0.3) is 0 Å². The van der Waals surface area contributed by atoms with Gasteiger partial charge in [-0.05, 0) is 38.7 Å². The highest BCUT2D eigenvalue weighted by Gasteiger charge is 2.36. The maximum Gasteiger partial charge on any atom is 0.333 e. The number of carbonyl (C=O) groups is 1. The third kappa shape index (κ3) is 7.07. The third-order valence-electron chi connectivity index (χ3n) is 5.50. The van der Waals surface area contributed by atoms with Crippen LogP contribution in [0.15, 0.2) is 31.0 Å². The predicted molar refractivity (Wildman–Crippen MR) is 123 cm³/mol. The van der Waals surface area contributed by atoms with Gasteiger partial charge in [-0.1, -0.05) is 11.8 Å². The Morgan fingerprint density at radius 3 is 2.88 bits per heavy atom. The quantitative estimate of drug-likeness (QED) is 0.397. The van der Waals surface area contributed by atoms with E-state index in [2.05, 4.69) is 31.3 Å². The number of ether oxygens (including phenoxy) is 1. The SMILES string of the molecule is COC(C)(C)C#CCn1ccc(C(=O)c2cncnc2N[C@@H]2C[C@H](COS(N)(=O)=O)C[C@@H]2F)c1. The van der Waals surface area contributed by atoms with E-state index < -0.39 is 28.1 Å². The van der Waals surface area contributed by atoms with Gasteiger partial charge in [-0.3, -0.25) is 8.98 Å². The van der Waals surface area contributed by atoms with E-state index in [9.17, 15) is 17.6 Å². The molecule has 0 bridgehead atoms. The first-order chi connectivity index (χ1) is 16.0. The molecule has 2 heterocycles. The molecule has 0 radical (unpaired) electrons. The minimum atomic E-state index is -4.09. The molecule has 0 spiro atoms. The largest absolute Gasteiger partial charge is 0.366 e. The van der Waals surface area contributed by atoms with Crippen LogP contribution in [-0.4, -0.2) is 60.3 Å². The van der Waals surface area contributed by atoms with Crippen LogP contribution in [-0.2, 0) is 25.8 Å². The predicted octanol–water partition coefficient (Wildman–Crippen LogP) is 1.69. The van der Waals surface area contributed by atoms with Crippen LogP contribution < -0.4 is 10.5 Å². The molecule has 0 unspecified atom stereocenters. The van der Waals surface area contributed by atoms with E-state index in [1.54, 1.807) is 30.1 Å². The van der Waals surface area contributed by atoms with Crippen LogP contribution in [0.3, 0.4) is 0 Å². The molecule has 3 rings (SSSR count). The van der Waals surface area contributed by atoms with Crippen molar-refractivity contribution in [1.82, 2.24) is 14.5 Å². The summed E-state index contributed by atoms with van der Waals surface area (Å²) in [6.45, 7) is 3.89. The van der Waals surface area contributed by atoms with E-state index in [1.807, 2.05) is 13.8 Å². The van der Waals surface area contributed by atoms with E-state index >= 15 is 0 Å². The van der Waals surface area contributed by atoms with Gasteiger partial charge in [0.2, 0.25) is 0 Å². The summed E-state index contributed by atoms with van der Waals surface area (Å²) in [5.41, 5.74) is 0.0444. The van der Waals surface area contributed by atoms with Crippen molar-refractivity contribution >= 4 is 21.9 Å². The smallest absolute Gasteiger partial charge is 0.333 e. The molecule has 0 aromatic carbocycles. The van der Waals surface area contributed by atoms with Crippen molar-refractivity contribution in [3.63, 3.8) is 0 Å². The second-order valence-electron chi connectivity index (χ2n) is 8.58.